The first kappa shape index (κ1) is 9.91. The minimum atomic E-state index is -0.850. The molecule has 0 aliphatic carbocycles. The number of carbonyl (C=O) groups is 1. The van der Waals surface area contributed by atoms with Crippen molar-refractivity contribution >= 4 is 27.7 Å². The van der Waals surface area contributed by atoms with Crippen LogP contribution in [-0.2, 0) is 4.74 Å². The normalized spacial score (nSPS) is 9.77. The summed E-state index contributed by atoms with van der Waals surface area (Å²) >= 11 is 2.97. The van der Waals surface area contributed by atoms with Crippen molar-refractivity contribution in [1.82, 2.24) is 4.98 Å². The monoisotopic (exact) mass is 248 g/mol. The molecule has 0 amide bonds. The molecule has 0 atom stereocenters. The molecule has 0 aliphatic heterocycles. The quantitative estimate of drug-likeness (QED) is 0.763. The molecule has 0 fully saturated rings. The predicted octanol–water partition coefficient (Wildman–Crippen LogP) is 1.35. The largest absolute Gasteiger partial charge is 0.464 e. The van der Waals surface area contributed by atoms with Gasteiger partial charge in [0.25, 0.3) is 0 Å². The number of pyridine rings is 1. The van der Waals surface area contributed by atoms with Crippen LogP contribution in [0.1, 0.15) is 10.5 Å². The summed E-state index contributed by atoms with van der Waals surface area (Å²) in [5.74, 6) is -1.58. The van der Waals surface area contributed by atoms with Gasteiger partial charge in [-0.15, -0.1) is 0 Å². The number of anilines is 1. The van der Waals surface area contributed by atoms with E-state index in [9.17, 15) is 9.18 Å². The lowest BCUT2D eigenvalue weighted by atomic mass is 10.3. The van der Waals surface area contributed by atoms with Crippen LogP contribution in [0.15, 0.2) is 10.5 Å². The average molecular weight is 249 g/mol. The maximum absolute atomic E-state index is 13.0. The topological polar surface area (TPSA) is 65.2 Å². The summed E-state index contributed by atoms with van der Waals surface area (Å²) < 4.78 is 17.6. The van der Waals surface area contributed by atoms with Crippen LogP contribution in [0, 0.1) is 5.82 Å². The van der Waals surface area contributed by atoms with Crippen molar-refractivity contribution in [2.45, 2.75) is 0 Å². The molecule has 0 unspecified atom stereocenters. The summed E-state index contributed by atoms with van der Waals surface area (Å²) in [5, 5.41) is 0. The number of esters is 1. The Morgan fingerprint density at radius 2 is 2.38 bits per heavy atom. The fourth-order valence-corrected chi connectivity index (χ4v) is 1.01. The van der Waals surface area contributed by atoms with Crippen LogP contribution in [0.25, 0.3) is 0 Å². The summed E-state index contributed by atoms with van der Waals surface area (Å²) in [5.41, 5.74) is 4.94. The van der Waals surface area contributed by atoms with Crippen LogP contribution < -0.4 is 5.73 Å². The molecule has 1 rings (SSSR count). The van der Waals surface area contributed by atoms with E-state index >= 15 is 0 Å². The molecule has 2 N–H and O–H groups in total. The predicted molar refractivity (Wildman–Crippen MR) is 47.6 cm³/mol. The number of aromatic nitrogens is 1. The van der Waals surface area contributed by atoms with Crippen molar-refractivity contribution < 1.29 is 13.9 Å². The lowest BCUT2D eigenvalue weighted by Crippen LogP contribution is -2.09. The third-order valence-electron chi connectivity index (χ3n) is 1.34. The van der Waals surface area contributed by atoms with E-state index < -0.39 is 17.5 Å². The van der Waals surface area contributed by atoms with Crippen molar-refractivity contribution in [2.75, 3.05) is 12.8 Å². The molecule has 0 bridgehead atoms. The highest BCUT2D eigenvalue weighted by molar-refractivity contribution is 9.10. The van der Waals surface area contributed by atoms with Gasteiger partial charge < -0.3 is 10.5 Å². The molecule has 0 saturated carbocycles. The van der Waals surface area contributed by atoms with E-state index in [0.717, 1.165) is 13.2 Å². The maximum Gasteiger partial charge on any atom is 0.359 e. The Hall–Kier alpha value is -1.17. The fraction of sp³-hybridized carbons (Fsp3) is 0.143. The molecule has 0 aromatic carbocycles. The van der Waals surface area contributed by atoms with Crippen LogP contribution in [0.4, 0.5) is 10.2 Å². The van der Waals surface area contributed by atoms with Gasteiger partial charge in [0.2, 0.25) is 0 Å². The summed E-state index contributed by atoms with van der Waals surface area (Å²) in [6.07, 6.45) is 0. The lowest BCUT2D eigenvalue weighted by molar-refractivity contribution is 0.0588. The van der Waals surface area contributed by atoms with E-state index in [4.69, 9.17) is 5.73 Å². The molecule has 13 heavy (non-hydrogen) atoms. The molecule has 0 spiro atoms. The number of nitrogens with two attached hydrogens (primary N) is 1. The standard InChI is InChI=1S/C7H6BrFN2O2/c1-13-7(12)5-4(9)2-3(8)6(10)11-5/h2H,1H3,(H2,10,11). The Morgan fingerprint density at radius 3 is 2.92 bits per heavy atom. The molecule has 0 radical (unpaired) electrons. The number of halogens is 2. The van der Waals surface area contributed by atoms with E-state index in [1.54, 1.807) is 0 Å². The van der Waals surface area contributed by atoms with Crippen molar-refractivity contribution in [3.8, 4) is 0 Å². The Labute approximate surface area is 82.0 Å². The van der Waals surface area contributed by atoms with E-state index in [1.165, 1.54) is 0 Å². The van der Waals surface area contributed by atoms with Gasteiger partial charge in [0.05, 0.1) is 11.6 Å². The van der Waals surface area contributed by atoms with Crippen LogP contribution >= 0.6 is 15.9 Å². The van der Waals surface area contributed by atoms with Crippen molar-refractivity contribution in [2.24, 2.45) is 0 Å². The van der Waals surface area contributed by atoms with Gasteiger partial charge in [-0.25, -0.2) is 14.2 Å². The van der Waals surface area contributed by atoms with Gasteiger partial charge in [-0.3, -0.25) is 0 Å². The SMILES string of the molecule is COC(=O)c1nc(N)c(Br)cc1F. The molecule has 4 nitrogen and oxygen atoms in total. The third-order valence-corrected chi connectivity index (χ3v) is 1.97. The van der Waals surface area contributed by atoms with E-state index in [0.29, 0.717) is 4.47 Å². The molecule has 0 saturated heterocycles. The zero-order chi connectivity index (χ0) is 10.0. The average Bonchev–Trinajstić information content (AvgIpc) is 2.10. The van der Waals surface area contributed by atoms with Crippen molar-refractivity contribution in [3.63, 3.8) is 0 Å². The number of hydrogen-bond donors (Lipinski definition) is 1. The molecule has 1 heterocycles. The van der Waals surface area contributed by atoms with Gasteiger partial charge >= 0.3 is 5.97 Å². The highest BCUT2D eigenvalue weighted by Gasteiger charge is 2.15. The first-order chi connectivity index (χ1) is 6.06. The number of hydrogen-bond acceptors (Lipinski definition) is 4. The summed E-state index contributed by atoms with van der Waals surface area (Å²) in [7, 11) is 1.14. The Kier molecular flexibility index (Phi) is 2.82. The van der Waals surface area contributed by atoms with Crippen LogP contribution in [-0.4, -0.2) is 18.1 Å². The molecule has 1 aromatic rings. The Morgan fingerprint density at radius 1 is 1.77 bits per heavy atom. The zero-order valence-electron chi connectivity index (χ0n) is 6.67. The van der Waals surface area contributed by atoms with Gasteiger partial charge in [-0.1, -0.05) is 0 Å². The van der Waals surface area contributed by atoms with Crippen molar-refractivity contribution in [3.05, 3.63) is 22.1 Å². The van der Waals surface area contributed by atoms with E-state index in [1.807, 2.05) is 0 Å². The van der Waals surface area contributed by atoms with Gasteiger partial charge in [-0.05, 0) is 22.0 Å². The van der Waals surface area contributed by atoms with Gasteiger partial charge in [0, 0.05) is 0 Å². The smallest absolute Gasteiger partial charge is 0.359 e. The van der Waals surface area contributed by atoms with Crippen LogP contribution in [0.5, 0.6) is 0 Å². The van der Waals surface area contributed by atoms with Gasteiger partial charge in [0.1, 0.15) is 5.82 Å². The van der Waals surface area contributed by atoms with Crippen molar-refractivity contribution in [1.29, 1.82) is 0 Å². The number of rotatable bonds is 1. The highest BCUT2D eigenvalue weighted by Crippen LogP contribution is 2.20. The lowest BCUT2D eigenvalue weighted by Gasteiger charge is -2.02. The first-order valence-electron chi connectivity index (χ1n) is 3.26. The second-order valence-electron chi connectivity index (χ2n) is 2.18. The maximum atomic E-state index is 13.0. The fourth-order valence-electron chi connectivity index (χ4n) is 0.721. The number of nitrogen functional groups attached to an aromatic ring is 1. The van der Waals surface area contributed by atoms with Crippen LogP contribution in [0.2, 0.25) is 0 Å². The third kappa shape index (κ3) is 1.95. The molecule has 6 heteroatoms. The second kappa shape index (κ2) is 3.69. The number of ether oxygens (including phenoxy) is 1. The minimum absolute atomic E-state index is 0.0433. The molecule has 1 aromatic heterocycles. The van der Waals surface area contributed by atoms with Gasteiger partial charge in [0.15, 0.2) is 11.5 Å². The van der Waals surface area contributed by atoms with Gasteiger partial charge in [-0.2, -0.15) is 0 Å². The first-order valence-corrected chi connectivity index (χ1v) is 4.05. The Bertz CT molecular complexity index is 357. The Balaban J connectivity index is 3.23. The summed E-state index contributed by atoms with van der Waals surface area (Å²) in [6, 6.07) is 1.06. The molecule has 0 aliphatic rings. The molecular weight excluding hydrogens is 243 g/mol. The minimum Gasteiger partial charge on any atom is -0.464 e. The molecule has 70 valence electrons. The summed E-state index contributed by atoms with van der Waals surface area (Å²) in [4.78, 5) is 14.4. The van der Waals surface area contributed by atoms with E-state index in [2.05, 4.69) is 25.7 Å². The second-order valence-corrected chi connectivity index (χ2v) is 3.03. The number of nitrogens with zero attached hydrogens (tertiary/aromatic N) is 1. The zero-order valence-corrected chi connectivity index (χ0v) is 8.26. The highest BCUT2D eigenvalue weighted by atomic mass is 79.9. The number of carbonyl (C=O) groups excluding carboxylic acids is 1. The molecular formula is C7H6BrFN2O2. The van der Waals surface area contributed by atoms with E-state index in [-0.39, 0.29) is 5.82 Å². The summed E-state index contributed by atoms with van der Waals surface area (Å²) in [6.45, 7) is 0. The van der Waals surface area contributed by atoms with Crippen LogP contribution in [0.3, 0.4) is 0 Å². The number of methoxy groups -OCH3 is 1.